The average molecular weight is 418 g/mol. The second-order valence-electron chi connectivity index (χ2n) is 8.24. The molecule has 0 radical (unpaired) electrons. The fourth-order valence-electron chi connectivity index (χ4n) is 4.54. The summed E-state index contributed by atoms with van der Waals surface area (Å²) in [5.74, 6) is -1.27. The molecule has 2 N–H and O–H groups in total. The van der Waals surface area contributed by atoms with Gasteiger partial charge in [0, 0.05) is 49.1 Å². The molecule has 4 amide bonds. The molecule has 2 aromatic carbocycles. The number of imide groups is 1. The van der Waals surface area contributed by atoms with Crippen molar-refractivity contribution in [3.8, 4) is 0 Å². The van der Waals surface area contributed by atoms with E-state index in [2.05, 4.69) is 15.5 Å². The second kappa shape index (κ2) is 7.23. The molecule has 5 rings (SSSR count). The van der Waals surface area contributed by atoms with Crippen LogP contribution in [0.25, 0.3) is 0 Å². The lowest BCUT2D eigenvalue weighted by molar-refractivity contribution is -0.136. The topological polar surface area (TPSA) is 98.8 Å². The highest BCUT2D eigenvalue weighted by Gasteiger charge is 2.39. The van der Waals surface area contributed by atoms with Crippen molar-refractivity contribution < 1.29 is 19.2 Å². The maximum atomic E-state index is 12.8. The van der Waals surface area contributed by atoms with Crippen molar-refractivity contribution in [2.24, 2.45) is 0 Å². The van der Waals surface area contributed by atoms with E-state index in [1.54, 1.807) is 18.2 Å². The summed E-state index contributed by atoms with van der Waals surface area (Å²) in [4.78, 5) is 52.8. The fourth-order valence-corrected chi connectivity index (χ4v) is 4.54. The molecule has 1 unspecified atom stereocenters. The molecule has 0 saturated carbocycles. The monoisotopic (exact) mass is 418 g/mol. The first kappa shape index (κ1) is 19.3. The van der Waals surface area contributed by atoms with Gasteiger partial charge in [0.2, 0.25) is 11.8 Å². The third-order valence-electron chi connectivity index (χ3n) is 6.26. The van der Waals surface area contributed by atoms with E-state index in [9.17, 15) is 19.2 Å². The number of piperidine rings is 1. The van der Waals surface area contributed by atoms with E-state index in [1.807, 2.05) is 25.2 Å². The van der Waals surface area contributed by atoms with E-state index in [1.165, 1.54) is 10.5 Å². The summed E-state index contributed by atoms with van der Waals surface area (Å²) in [7, 11) is 2.03. The first-order valence-electron chi connectivity index (χ1n) is 10.3. The van der Waals surface area contributed by atoms with Gasteiger partial charge in [-0.15, -0.1) is 0 Å². The molecular formula is C23H22N4O4. The van der Waals surface area contributed by atoms with Gasteiger partial charge in [-0.2, -0.15) is 0 Å². The summed E-state index contributed by atoms with van der Waals surface area (Å²) in [6, 6.07) is 10.2. The van der Waals surface area contributed by atoms with Crippen LogP contribution in [-0.4, -0.2) is 48.2 Å². The number of anilines is 2. The molecule has 158 valence electrons. The Morgan fingerprint density at radius 3 is 2.71 bits per heavy atom. The number of likely N-dealkylation sites (N-methyl/N-ethyl adjacent to an activating group) is 1. The average Bonchev–Trinajstić information content (AvgIpc) is 3.28. The highest BCUT2D eigenvalue weighted by atomic mass is 16.2. The number of carbonyl (C=O) groups is 4. The maximum absolute atomic E-state index is 12.8. The quantitative estimate of drug-likeness (QED) is 0.740. The molecule has 0 spiro atoms. The Morgan fingerprint density at radius 1 is 1.06 bits per heavy atom. The van der Waals surface area contributed by atoms with E-state index in [0.29, 0.717) is 23.1 Å². The van der Waals surface area contributed by atoms with E-state index in [4.69, 9.17) is 0 Å². The molecule has 3 heterocycles. The molecule has 2 aromatic rings. The standard InChI is InChI=1S/C23H22N4O4/c1-26-9-8-13-2-4-16(11-19(13)26)24-21(29)14-3-5-17-15(10-14)12-27(23(17)31)18-6-7-20(28)25-22(18)30/h2-5,10-11,18H,6-9,12H2,1H3,(H,24,29)(H,25,28,30). The minimum Gasteiger partial charge on any atom is -0.374 e. The zero-order chi connectivity index (χ0) is 21.7. The summed E-state index contributed by atoms with van der Waals surface area (Å²) in [5, 5.41) is 5.22. The van der Waals surface area contributed by atoms with Gasteiger partial charge in [0.25, 0.3) is 11.8 Å². The number of nitrogens with one attached hydrogen (secondary N) is 2. The molecule has 8 heteroatoms. The van der Waals surface area contributed by atoms with Crippen LogP contribution in [0.4, 0.5) is 11.4 Å². The van der Waals surface area contributed by atoms with E-state index in [0.717, 1.165) is 24.3 Å². The van der Waals surface area contributed by atoms with Crippen molar-refractivity contribution >= 4 is 35.0 Å². The zero-order valence-electron chi connectivity index (χ0n) is 17.1. The van der Waals surface area contributed by atoms with Crippen LogP contribution in [0.1, 0.15) is 44.7 Å². The molecule has 8 nitrogen and oxygen atoms in total. The van der Waals surface area contributed by atoms with Gasteiger partial charge in [0.15, 0.2) is 0 Å². The van der Waals surface area contributed by atoms with Crippen molar-refractivity contribution in [3.63, 3.8) is 0 Å². The lowest BCUT2D eigenvalue weighted by Gasteiger charge is -2.29. The summed E-state index contributed by atoms with van der Waals surface area (Å²) in [6.45, 7) is 1.21. The normalized spacial score (nSPS) is 19.9. The fraction of sp³-hybridized carbons (Fsp3) is 0.304. The van der Waals surface area contributed by atoms with Gasteiger partial charge in [-0.1, -0.05) is 6.07 Å². The Morgan fingerprint density at radius 2 is 1.90 bits per heavy atom. The van der Waals surface area contributed by atoms with Gasteiger partial charge < -0.3 is 15.1 Å². The minimum absolute atomic E-state index is 0.208. The molecule has 1 fully saturated rings. The highest BCUT2D eigenvalue weighted by Crippen LogP contribution is 2.31. The van der Waals surface area contributed by atoms with Crippen LogP contribution in [0.5, 0.6) is 0 Å². The third-order valence-corrected chi connectivity index (χ3v) is 6.26. The smallest absolute Gasteiger partial charge is 0.255 e. The predicted molar refractivity (Wildman–Crippen MR) is 114 cm³/mol. The number of nitrogens with zero attached hydrogens (tertiary/aromatic N) is 2. The van der Waals surface area contributed by atoms with E-state index in [-0.39, 0.29) is 30.7 Å². The first-order chi connectivity index (χ1) is 14.9. The van der Waals surface area contributed by atoms with Gasteiger partial charge in [-0.05, 0) is 54.3 Å². The van der Waals surface area contributed by atoms with Crippen LogP contribution >= 0.6 is 0 Å². The Balaban J connectivity index is 1.33. The van der Waals surface area contributed by atoms with Gasteiger partial charge in [-0.3, -0.25) is 24.5 Å². The van der Waals surface area contributed by atoms with Gasteiger partial charge in [-0.25, -0.2) is 0 Å². The number of hydrogen-bond donors (Lipinski definition) is 2. The Bertz CT molecular complexity index is 1140. The van der Waals surface area contributed by atoms with Crippen LogP contribution in [0, 0.1) is 0 Å². The maximum Gasteiger partial charge on any atom is 0.255 e. The largest absolute Gasteiger partial charge is 0.374 e. The molecule has 1 atom stereocenters. The summed E-state index contributed by atoms with van der Waals surface area (Å²) < 4.78 is 0. The minimum atomic E-state index is -0.668. The van der Waals surface area contributed by atoms with Gasteiger partial charge in [0.1, 0.15) is 6.04 Å². The van der Waals surface area contributed by atoms with Crippen molar-refractivity contribution in [1.29, 1.82) is 0 Å². The number of amides is 4. The van der Waals surface area contributed by atoms with Crippen molar-refractivity contribution in [1.82, 2.24) is 10.2 Å². The summed E-state index contributed by atoms with van der Waals surface area (Å²) >= 11 is 0. The van der Waals surface area contributed by atoms with Gasteiger partial charge in [0.05, 0.1) is 0 Å². The molecule has 31 heavy (non-hydrogen) atoms. The van der Waals surface area contributed by atoms with Crippen molar-refractivity contribution in [3.05, 3.63) is 58.7 Å². The molecule has 3 aliphatic heterocycles. The highest BCUT2D eigenvalue weighted by molar-refractivity contribution is 6.08. The molecule has 3 aliphatic rings. The SMILES string of the molecule is CN1CCc2ccc(NC(=O)c3ccc4c(c3)CN(C3CCC(=O)NC3=O)C4=O)cc21. The second-order valence-corrected chi connectivity index (χ2v) is 8.24. The Hall–Kier alpha value is -3.68. The number of hydrogen-bond acceptors (Lipinski definition) is 5. The number of fused-ring (bicyclic) bond motifs is 2. The van der Waals surface area contributed by atoms with Gasteiger partial charge >= 0.3 is 0 Å². The third kappa shape index (κ3) is 3.34. The van der Waals surface area contributed by atoms with E-state index >= 15 is 0 Å². The molecule has 1 saturated heterocycles. The molecule has 0 aliphatic carbocycles. The lowest BCUT2D eigenvalue weighted by atomic mass is 10.0. The van der Waals surface area contributed by atoms with Crippen LogP contribution in [-0.2, 0) is 22.6 Å². The summed E-state index contributed by atoms with van der Waals surface area (Å²) in [5.41, 5.74) is 4.75. The van der Waals surface area contributed by atoms with Crippen LogP contribution in [0.3, 0.4) is 0 Å². The number of rotatable bonds is 3. The first-order valence-corrected chi connectivity index (χ1v) is 10.3. The number of benzene rings is 2. The van der Waals surface area contributed by atoms with Crippen LogP contribution < -0.4 is 15.5 Å². The molecule has 0 aromatic heterocycles. The number of carbonyl (C=O) groups excluding carboxylic acids is 4. The Kier molecular flexibility index (Phi) is 4.50. The summed E-state index contributed by atoms with van der Waals surface area (Å²) in [6.07, 6.45) is 1.52. The van der Waals surface area contributed by atoms with E-state index < -0.39 is 11.9 Å². The van der Waals surface area contributed by atoms with Crippen LogP contribution in [0.15, 0.2) is 36.4 Å². The zero-order valence-corrected chi connectivity index (χ0v) is 17.1. The van der Waals surface area contributed by atoms with Crippen molar-refractivity contribution in [2.75, 3.05) is 23.8 Å². The Labute approximate surface area is 179 Å². The molecular weight excluding hydrogens is 396 g/mol. The van der Waals surface area contributed by atoms with Crippen LogP contribution in [0.2, 0.25) is 0 Å². The predicted octanol–water partition coefficient (Wildman–Crippen LogP) is 1.69. The van der Waals surface area contributed by atoms with Crippen molar-refractivity contribution in [2.45, 2.75) is 31.8 Å². The lowest BCUT2D eigenvalue weighted by Crippen LogP contribution is -2.52. The molecule has 0 bridgehead atoms.